The van der Waals surface area contributed by atoms with Crippen molar-refractivity contribution in [3.8, 4) is 0 Å². The van der Waals surface area contributed by atoms with E-state index in [1.807, 2.05) is 4.90 Å². The molecule has 2 heterocycles. The standard InChI is InChI=1S/C11H21N3O/c1-13-7-3-10(9-13)11(15)14-6-2-4-12-5-8-14/h10,12H,2-9H2,1H3. The number of amides is 1. The summed E-state index contributed by atoms with van der Waals surface area (Å²) in [6, 6.07) is 0. The number of hydrogen-bond donors (Lipinski definition) is 1. The van der Waals surface area contributed by atoms with E-state index in [0.29, 0.717) is 5.91 Å². The predicted octanol–water partition coefficient (Wildman–Crippen LogP) is -0.240. The van der Waals surface area contributed by atoms with Crippen LogP contribution in [0.25, 0.3) is 0 Å². The summed E-state index contributed by atoms with van der Waals surface area (Å²) in [5.74, 6) is 0.635. The number of hydrogen-bond acceptors (Lipinski definition) is 3. The van der Waals surface area contributed by atoms with E-state index < -0.39 is 0 Å². The van der Waals surface area contributed by atoms with Crippen LogP contribution in [-0.4, -0.2) is 62.0 Å². The molecule has 86 valence electrons. The zero-order chi connectivity index (χ0) is 10.7. The van der Waals surface area contributed by atoms with E-state index in [1.54, 1.807) is 0 Å². The van der Waals surface area contributed by atoms with Crippen LogP contribution >= 0.6 is 0 Å². The van der Waals surface area contributed by atoms with Crippen LogP contribution in [0.2, 0.25) is 0 Å². The Hall–Kier alpha value is -0.610. The van der Waals surface area contributed by atoms with Gasteiger partial charge in [0, 0.05) is 26.2 Å². The van der Waals surface area contributed by atoms with Gasteiger partial charge in [0.2, 0.25) is 5.91 Å². The average Bonchev–Trinajstić information content (AvgIpc) is 2.53. The molecule has 0 radical (unpaired) electrons. The Morgan fingerprint density at radius 2 is 2.13 bits per heavy atom. The Balaban J connectivity index is 1.88. The van der Waals surface area contributed by atoms with Crippen LogP contribution < -0.4 is 5.32 Å². The third-order valence-corrected chi connectivity index (χ3v) is 3.39. The highest BCUT2D eigenvalue weighted by Gasteiger charge is 2.29. The van der Waals surface area contributed by atoms with E-state index in [4.69, 9.17) is 0 Å². The Bertz CT molecular complexity index is 224. The van der Waals surface area contributed by atoms with E-state index in [-0.39, 0.29) is 5.92 Å². The lowest BCUT2D eigenvalue weighted by Gasteiger charge is -2.23. The summed E-state index contributed by atoms with van der Waals surface area (Å²) in [4.78, 5) is 16.5. The zero-order valence-corrected chi connectivity index (χ0v) is 9.54. The van der Waals surface area contributed by atoms with Crippen molar-refractivity contribution in [2.45, 2.75) is 12.8 Å². The first kappa shape index (κ1) is 10.9. The fraction of sp³-hybridized carbons (Fsp3) is 0.909. The molecule has 2 aliphatic rings. The van der Waals surface area contributed by atoms with Gasteiger partial charge in [0.15, 0.2) is 0 Å². The molecule has 2 saturated heterocycles. The van der Waals surface area contributed by atoms with Gasteiger partial charge in [0.05, 0.1) is 5.92 Å². The molecule has 4 nitrogen and oxygen atoms in total. The Morgan fingerprint density at radius 3 is 2.87 bits per heavy atom. The van der Waals surface area contributed by atoms with Crippen LogP contribution in [0.5, 0.6) is 0 Å². The molecule has 0 aromatic rings. The number of carbonyl (C=O) groups excluding carboxylic acids is 1. The van der Waals surface area contributed by atoms with Crippen LogP contribution in [-0.2, 0) is 4.79 Å². The Labute approximate surface area is 91.6 Å². The highest BCUT2D eigenvalue weighted by atomic mass is 16.2. The van der Waals surface area contributed by atoms with E-state index in [1.165, 1.54) is 0 Å². The van der Waals surface area contributed by atoms with Gasteiger partial charge in [0.25, 0.3) is 0 Å². The zero-order valence-electron chi connectivity index (χ0n) is 9.54. The minimum absolute atomic E-state index is 0.257. The minimum Gasteiger partial charge on any atom is -0.341 e. The molecule has 1 amide bonds. The van der Waals surface area contributed by atoms with E-state index in [9.17, 15) is 4.79 Å². The summed E-state index contributed by atoms with van der Waals surface area (Å²) in [6.07, 6.45) is 2.13. The smallest absolute Gasteiger partial charge is 0.227 e. The highest BCUT2D eigenvalue weighted by molar-refractivity contribution is 5.79. The van der Waals surface area contributed by atoms with Crippen molar-refractivity contribution in [1.29, 1.82) is 0 Å². The number of nitrogens with one attached hydrogen (secondary N) is 1. The average molecular weight is 211 g/mol. The molecule has 0 spiro atoms. The molecule has 0 aromatic carbocycles. The van der Waals surface area contributed by atoms with Gasteiger partial charge >= 0.3 is 0 Å². The van der Waals surface area contributed by atoms with Gasteiger partial charge in [-0.25, -0.2) is 0 Å². The third-order valence-electron chi connectivity index (χ3n) is 3.39. The van der Waals surface area contributed by atoms with E-state index in [0.717, 1.165) is 52.1 Å². The van der Waals surface area contributed by atoms with Gasteiger partial charge in [-0.2, -0.15) is 0 Å². The topological polar surface area (TPSA) is 35.6 Å². The first-order chi connectivity index (χ1) is 7.27. The maximum atomic E-state index is 12.2. The Morgan fingerprint density at radius 1 is 1.27 bits per heavy atom. The second-order valence-electron chi connectivity index (χ2n) is 4.68. The van der Waals surface area contributed by atoms with Crippen molar-refractivity contribution in [1.82, 2.24) is 15.1 Å². The molecular weight excluding hydrogens is 190 g/mol. The highest BCUT2D eigenvalue weighted by Crippen LogP contribution is 2.17. The summed E-state index contributed by atoms with van der Waals surface area (Å²) in [7, 11) is 2.09. The van der Waals surface area contributed by atoms with Gasteiger partial charge in [-0.3, -0.25) is 4.79 Å². The van der Waals surface area contributed by atoms with Gasteiger partial charge in [-0.1, -0.05) is 0 Å². The number of carbonyl (C=O) groups is 1. The van der Waals surface area contributed by atoms with Crippen LogP contribution in [0.3, 0.4) is 0 Å². The summed E-state index contributed by atoms with van der Waals surface area (Å²) in [5.41, 5.74) is 0. The van der Waals surface area contributed by atoms with Crippen LogP contribution in [0.4, 0.5) is 0 Å². The first-order valence-corrected chi connectivity index (χ1v) is 5.95. The van der Waals surface area contributed by atoms with Crippen LogP contribution in [0.15, 0.2) is 0 Å². The van der Waals surface area contributed by atoms with Crippen molar-refractivity contribution in [3.05, 3.63) is 0 Å². The normalized spacial score (nSPS) is 29.1. The summed E-state index contributed by atoms with van der Waals surface area (Å²) >= 11 is 0. The first-order valence-electron chi connectivity index (χ1n) is 5.95. The minimum atomic E-state index is 0.257. The molecule has 0 aromatic heterocycles. The maximum Gasteiger partial charge on any atom is 0.227 e. The van der Waals surface area contributed by atoms with Crippen molar-refractivity contribution in [3.63, 3.8) is 0 Å². The lowest BCUT2D eigenvalue weighted by molar-refractivity contribution is -0.134. The molecule has 0 aliphatic carbocycles. The number of likely N-dealkylation sites (tertiary alicyclic amines) is 1. The van der Waals surface area contributed by atoms with Gasteiger partial charge in [-0.15, -0.1) is 0 Å². The second-order valence-corrected chi connectivity index (χ2v) is 4.68. The monoisotopic (exact) mass is 211 g/mol. The van der Waals surface area contributed by atoms with Gasteiger partial charge in [-0.05, 0) is 33.0 Å². The fourth-order valence-corrected chi connectivity index (χ4v) is 2.46. The summed E-state index contributed by atoms with van der Waals surface area (Å²) < 4.78 is 0. The fourth-order valence-electron chi connectivity index (χ4n) is 2.46. The quantitative estimate of drug-likeness (QED) is 0.650. The maximum absolute atomic E-state index is 12.2. The molecule has 0 saturated carbocycles. The number of rotatable bonds is 1. The summed E-state index contributed by atoms with van der Waals surface area (Å²) in [5, 5.41) is 3.33. The second kappa shape index (κ2) is 4.94. The molecule has 2 rings (SSSR count). The molecular formula is C11H21N3O. The van der Waals surface area contributed by atoms with Crippen molar-refractivity contribution in [2.24, 2.45) is 5.92 Å². The van der Waals surface area contributed by atoms with Gasteiger partial charge < -0.3 is 15.1 Å². The van der Waals surface area contributed by atoms with E-state index >= 15 is 0 Å². The third kappa shape index (κ3) is 2.69. The lowest BCUT2D eigenvalue weighted by Crippen LogP contribution is -2.39. The molecule has 1 N–H and O–H groups in total. The molecule has 0 bridgehead atoms. The molecule has 2 aliphatic heterocycles. The van der Waals surface area contributed by atoms with Crippen molar-refractivity contribution < 1.29 is 4.79 Å². The van der Waals surface area contributed by atoms with Crippen LogP contribution in [0.1, 0.15) is 12.8 Å². The van der Waals surface area contributed by atoms with E-state index in [2.05, 4.69) is 17.3 Å². The molecule has 2 fully saturated rings. The molecule has 4 heteroatoms. The summed E-state index contributed by atoms with van der Waals surface area (Å²) in [6.45, 7) is 5.85. The predicted molar refractivity (Wildman–Crippen MR) is 59.7 cm³/mol. The van der Waals surface area contributed by atoms with Crippen molar-refractivity contribution in [2.75, 3.05) is 46.3 Å². The van der Waals surface area contributed by atoms with Crippen LogP contribution in [0, 0.1) is 5.92 Å². The molecule has 1 unspecified atom stereocenters. The number of nitrogens with zero attached hydrogens (tertiary/aromatic N) is 2. The molecule has 15 heavy (non-hydrogen) atoms. The largest absolute Gasteiger partial charge is 0.341 e. The van der Waals surface area contributed by atoms with Crippen molar-refractivity contribution >= 4 is 5.91 Å². The Kier molecular flexibility index (Phi) is 3.59. The van der Waals surface area contributed by atoms with Gasteiger partial charge in [0.1, 0.15) is 0 Å². The lowest BCUT2D eigenvalue weighted by atomic mass is 10.1. The molecule has 1 atom stereocenters. The SMILES string of the molecule is CN1CCC(C(=O)N2CCCNCC2)C1.